The predicted octanol–water partition coefficient (Wildman–Crippen LogP) is 0.662. The maximum atomic E-state index is 11.3. The van der Waals surface area contributed by atoms with Crippen molar-refractivity contribution in [2.24, 2.45) is 5.92 Å². The number of aryl methyl sites for hydroxylation is 1. The quantitative estimate of drug-likeness (QED) is 0.641. The number of hydrogen-bond acceptors (Lipinski definition) is 7. The third-order valence-corrected chi connectivity index (χ3v) is 3.78. The zero-order chi connectivity index (χ0) is 15.0. The summed E-state index contributed by atoms with van der Waals surface area (Å²) < 4.78 is 0. The van der Waals surface area contributed by atoms with Gasteiger partial charge in [-0.25, -0.2) is 4.98 Å². The number of likely N-dealkylation sites (N-methyl/N-ethyl adjacent to an activating group) is 1. The lowest BCUT2D eigenvalue weighted by molar-refractivity contribution is -0.385. The molecule has 8 heteroatoms. The van der Waals surface area contributed by atoms with Gasteiger partial charge in [-0.2, -0.15) is 4.98 Å². The van der Waals surface area contributed by atoms with Crippen LogP contribution in [0.5, 0.6) is 0 Å². The number of hydrogen-bond donors (Lipinski definition) is 1. The van der Waals surface area contributed by atoms with Gasteiger partial charge in [0.2, 0.25) is 11.8 Å². The van der Waals surface area contributed by atoms with E-state index in [1.54, 1.807) is 6.92 Å². The van der Waals surface area contributed by atoms with Crippen molar-refractivity contribution in [1.29, 1.82) is 0 Å². The van der Waals surface area contributed by atoms with E-state index in [0.29, 0.717) is 30.0 Å². The highest BCUT2D eigenvalue weighted by molar-refractivity contribution is 5.62. The van der Waals surface area contributed by atoms with E-state index in [9.17, 15) is 10.1 Å². The van der Waals surface area contributed by atoms with Gasteiger partial charge in [-0.1, -0.05) is 6.92 Å². The molecule has 1 aliphatic heterocycles. The lowest BCUT2D eigenvalue weighted by Gasteiger charge is -2.22. The lowest BCUT2D eigenvalue weighted by Crippen LogP contribution is -2.34. The Morgan fingerprint density at radius 3 is 2.55 bits per heavy atom. The van der Waals surface area contributed by atoms with Crippen LogP contribution in [0.25, 0.3) is 0 Å². The first-order valence-electron chi connectivity index (χ1n) is 6.51. The molecular weight excluding hydrogens is 260 g/mol. The minimum Gasteiger partial charge on any atom is -0.368 e. The number of rotatable bonds is 3. The van der Waals surface area contributed by atoms with E-state index < -0.39 is 4.92 Å². The molecule has 2 N–H and O–H groups in total. The molecule has 2 rings (SSSR count). The van der Waals surface area contributed by atoms with Gasteiger partial charge in [0.15, 0.2) is 0 Å². The highest BCUT2D eigenvalue weighted by Crippen LogP contribution is 2.33. The van der Waals surface area contributed by atoms with E-state index in [-0.39, 0.29) is 11.6 Å². The molecule has 110 valence electrons. The molecule has 2 unspecified atom stereocenters. The molecule has 1 saturated heterocycles. The summed E-state index contributed by atoms with van der Waals surface area (Å²) in [5.41, 5.74) is 5.90. The average molecular weight is 280 g/mol. The maximum absolute atomic E-state index is 11.3. The van der Waals surface area contributed by atoms with Crippen LogP contribution in [-0.4, -0.2) is 53.0 Å². The Bertz CT molecular complexity index is 533. The lowest BCUT2D eigenvalue weighted by atomic mass is 10.1. The molecule has 2 heterocycles. The molecular formula is C12H20N6O2. The molecule has 0 bridgehead atoms. The fraction of sp³-hybridized carbons (Fsp3) is 0.667. The second-order valence-corrected chi connectivity index (χ2v) is 5.51. The van der Waals surface area contributed by atoms with Crippen LogP contribution in [0.3, 0.4) is 0 Å². The fourth-order valence-corrected chi connectivity index (χ4v) is 2.80. The summed E-state index contributed by atoms with van der Waals surface area (Å²) in [7, 11) is 4.03. The number of nitrogens with zero attached hydrogens (tertiary/aromatic N) is 5. The summed E-state index contributed by atoms with van der Waals surface area (Å²) >= 11 is 0. The van der Waals surface area contributed by atoms with E-state index in [4.69, 9.17) is 5.73 Å². The summed E-state index contributed by atoms with van der Waals surface area (Å²) in [6.45, 7) is 5.14. The second-order valence-electron chi connectivity index (χ2n) is 5.51. The zero-order valence-electron chi connectivity index (χ0n) is 12.2. The first kappa shape index (κ1) is 14.4. The molecule has 0 radical (unpaired) electrons. The van der Waals surface area contributed by atoms with Crippen molar-refractivity contribution in [3.63, 3.8) is 0 Å². The first-order chi connectivity index (χ1) is 9.31. The molecule has 0 amide bonds. The number of nitrogens with two attached hydrogens (primary N) is 1. The molecule has 1 fully saturated rings. The third-order valence-electron chi connectivity index (χ3n) is 3.78. The molecule has 8 nitrogen and oxygen atoms in total. The highest BCUT2D eigenvalue weighted by atomic mass is 16.6. The molecule has 0 aromatic carbocycles. The van der Waals surface area contributed by atoms with Gasteiger partial charge in [0.05, 0.1) is 4.92 Å². The van der Waals surface area contributed by atoms with Crippen LogP contribution >= 0.6 is 0 Å². The van der Waals surface area contributed by atoms with Gasteiger partial charge in [0.25, 0.3) is 0 Å². The molecule has 2 atom stereocenters. The number of anilines is 2. The highest BCUT2D eigenvalue weighted by Gasteiger charge is 2.36. The molecule has 1 aromatic heterocycles. The Morgan fingerprint density at radius 2 is 2.05 bits per heavy atom. The molecule has 0 aliphatic carbocycles. The summed E-state index contributed by atoms with van der Waals surface area (Å²) in [5.74, 6) is 0.807. The topological polar surface area (TPSA) is 101 Å². The molecule has 1 aromatic rings. The minimum absolute atomic E-state index is 0.0502. The molecule has 0 spiro atoms. The van der Waals surface area contributed by atoms with Gasteiger partial charge in [-0.05, 0) is 26.9 Å². The van der Waals surface area contributed by atoms with Gasteiger partial charge in [0.1, 0.15) is 5.69 Å². The Hall–Kier alpha value is -1.96. The maximum Gasteiger partial charge on any atom is 0.332 e. The Labute approximate surface area is 117 Å². The Balaban J connectivity index is 2.41. The zero-order valence-corrected chi connectivity index (χ0v) is 12.2. The van der Waals surface area contributed by atoms with E-state index >= 15 is 0 Å². The standard InChI is InChI=1S/C12H20N6O2/c1-7-5-17(6-9(7)16(3)4)11-10(18(19)20)8(2)14-12(13)15-11/h7,9H,5-6H2,1-4H3,(H2,13,14,15). The SMILES string of the molecule is Cc1nc(N)nc(N2CC(C)C(N(C)C)C2)c1[N+](=O)[O-]. The van der Waals surface area contributed by atoms with Crippen LogP contribution in [0.4, 0.5) is 17.5 Å². The van der Waals surface area contributed by atoms with E-state index in [0.717, 1.165) is 6.54 Å². The van der Waals surface area contributed by atoms with Gasteiger partial charge in [0, 0.05) is 19.1 Å². The van der Waals surface area contributed by atoms with Gasteiger partial charge >= 0.3 is 5.69 Å². The van der Waals surface area contributed by atoms with Crippen molar-refractivity contribution in [1.82, 2.24) is 14.9 Å². The van der Waals surface area contributed by atoms with E-state index in [1.165, 1.54) is 0 Å². The second kappa shape index (κ2) is 5.20. The smallest absolute Gasteiger partial charge is 0.332 e. The van der Waals surface area contributed by atoms with Crippen LogP contribution < -0.4 is 10.6 Å². The normalized spacial score (nSPS) is 22.6. The average Bonchev–Trinajstić information content (AvgIpc) is 2.69. The summed E-state index contributed by atoms with van der Waals surface area (Å²) in [5, 5.41) is 11.3. The van der Waals surface area contributed by atoms with Crippen LogP contribution in [0, 0.1) is 23.0 Å². The first-order valence-corrected chi connectivity index (χ1v) is 6.51. The summed E-state index contributed by atoms with van der Waals surface area (Å²) in [6, 6.07) is 0.339. The van der Waals surface area contributed by atoms with Crippen molar-refractivity contribution >= 4 is 17.5 Å². The van der Waals surface area contributed by atoms with Crippen LogP contribution in [0.1, 0.15) is 12.6 Å². The fourth-order valence-electron chi connectivity index (χ4n) is 2.80. The summed E-state index contributed by atoms with van der Waals surface area (Å²) in [4.78, 5) is 22.9. The third kappa shape index (κ3) is 2.51. The van der Waals surface area contributed by atoms with Crippen LogP contribution in [-0.2, 0) is 0 Å². The largest absolute Gasteiger partial charge is 0.368 e. The Morgan fingerprint density at radius 1 is 1.40 bits per heavy atom. The van der Waals surface area contributed by atoms with Crippen molar-refractivity contribution in [2.75, 3.05) is 37.8 Å². The molecule has 20 heavy (non-hydrogen) atoms. The molecule has 1 aliphatic rings. The van der Waals surface area contributed by atoms with Crippen molar-refractivity contribution < 1.29 is 4.92 Å². The van der Waals surface area contributed by atoms with Gasteiger partial charge < -0.3 is 15.5 Å². The van der Waals surface area contributed by atoms with E-state index in [2.05, 4.69) is 21.8 Å². The monoisotopic (exact) mass is 280 g/mol. The number of nitro groups is 1. The number of aromatic nitrogens is 2. The minimum atomic E-state index is -0.433. The van der Waals surface area contributed by atoms with Crippen LogP contribution in [0.2, 0.25) is 0 Å². The predicted molar refractivity (Wildman–Crippen MR) is 76.7 cm³/mol. The Kier molecular flexibility index (Phi) is 3.76. The van der Waals surface area contributed by atoms with Crippen LogP contribution in [0.15, 0.2) is 0 Å². The van der Waals surface area contributed by atoms with Gasteiger partial charge in [-0.15, -0.1) is 0 Å². The van der Waals surface area contributed by atoms with Gasteiger partial charge in [-0.3, -0.25) is 10.1 Å². The van der Waals surface area contributed by atoms with Crippen molar-refractivity contribution in [2.45, 2.75) is 19.9 Å². The van der Waals surface area contributed by atoms with E-state index in [1.807, 2.05) is 19.0 Å². The van der Waals surface area contributed by atoms with Crippen molar-refractivity contribution in [3.05, 3.63) is 15.8 Å². The number of nitrogen functional groups attached to an aromatic ring is 1. The summed E-state index contributed by atoms with van der Waals surface area (Å²) in [6.07, 6.45) is 0. The van der Waals surface area contributed by atoms with Crippen molar-refractivity contribution in [3.8, 4) is 0 Å². The molecule has 0 saturated carbocycles.